The van der Waals surface area contributed by atoms with Crippen LogP contribution in [0.25, 0.3) is 0 Å². The van der Waals surface area contributed by atoms with Crippen LogP contribution in [0.5, 0.6) is 11.5 Å². The van der Waals surface area contributed by atoms with Crippen molar-refractivity contribution in [2.45, 2.75) is 38.0 Å². The molecule has 0 amide bonds. The molecule has 0 saturated heterocycles. The molecule has 4 nitrogen and oxygen atoms in total. The first kappa shape index (κ1) is 19.2. The van der Waals surface area contributed by atoms with E-state index in [1.165, 1.54) is 0 Å². The fourth-order valence-corrected chi connectivity index (χ4v) is 3.87. The highest BCUT2D eigenvalue weighted by Crippen LogP contribution is 2.37. The van der Waals surface area contributed by atoms with Crippen molar-refractivity contribution in [1.29, 1.82) is 0 Å². The number of hydrogen-bond donors (Lipinski definition) is 0. The summed E-state index contributed by atoms with van der Waals surface area (Å²) in [5.74, 6) is 1.64. The molecule has 1 aliphatic carbocycles. The van der Waals surface area contributed by atoms with Crippen LogP contribution in [-0.2, 0) is 4.79 Å². The number of carbonyl (C=O) groups is 2. The van der Waals surface area contributed by atoms with E-state index in [-0.39, 0.29) is 23.4 Å². The Kier molecular flexibility index (Phi) is 6.28. The highest BCUT2D eigenvalue weighted by atomic mass is 16.5. The lowest BCUT2D eigenvalue weighted by molar-refractivity contribution is -0.125. The van der Waals surface area contributed by atoms with E-state index in [1.807, 2.05) is 24.3 Å². The van der Waals surface area contributed by atoms with Crippen LogP contribution in [0.1, 0.15) is 53.9 Å². The third kappa shape index (κ3) is 4.57. The van der Waals surface area contributed by atoms with E-state index in [0.29, 0.717) is 18.4 Å². The van der Waals surface area contributed by atoms with Crippen molar-refractivity contribution in [1.82, 2.24) is 0 Å². The SMILES string of the molecule is COc1ccc(C(=O)CC(c2ccc(OC)cc2)C2CCCCC2=O)cc1. The average molecular weight is 366 g/mol. The van der Waals surface area contributed by atoms with E-state index in [4.69, 9.17) is 9.47 Å². The molecule has 0 bridgehead atoms. The highest BCUT2D eigenvalue weighted by molar-refractivity contribution is 5.97. The summed E-state index contributed by atoms with van der Waals surface area (Å²) in [6, 6.07) is 14.9. The van der Waals surface area contributed by atoms with Gasteiger partial charge in [0.05, 0.1) is 14.2 Å². The molecule has 1 saturated carbocycles. The van der Waals surface area contributed by atoms with Gasteiger partial charge in [0, 0.05) is 30.2 Å². The van der Waals surface area contributed by atoms with Crippen molar-refractivity contribution in [3.05, 3.63) is 59.7 Å². The zero-order chi connectivity index (χ0) is 19.2. The third-order valence-corrected chi connectivity index (χ3v) is 5.45. The fourth-order valence-electron chi connectivity index (χ4n) is 3.87. The van der Waals surface area contributed by atoms with Gasteiger partial charge in [0.15, 0.2) is 5.78 Å². The first-order valence-electron chi connectivity index (χ1n) is 9.46. The Morgan fingerprint density at radius 3 is 2.11 bits per heavy atom. The zero-order valence-corrected chi connectivity index (χ0v) is 15.9. The predicted molar refractivity (Wildman–Crippen MR) is 105 cm³/mol. The molecular formula is C23H26O4. The number of rotatable bonds is 7. The Bertz CT molecular complexity index is 777. The van der Waals surface area contributed by atoms with Gasteiger partial charge in [0.1, 0.15) is 17.3 Å². The maximum absolute atomic E-state index is 12.9. The van der Waals surface area contributed by atoms with Gasteiger partial charge in [-0.1, -0.05) is 18.6 Å². The lowest BCUT2D eigenvalue weighted by Gasteiger charge is -2.29. The zero-order valence-electron chi connectivity index (χ0n) is 15.9. The van der Waals surface area contributed by atoms with E-state index >= 15 is 0 Å². The number of benzene rings is 2. The van der Waals surface area contributed by atoms with Gasteiger partial charge in [0.2, 0.25) is 0 Å². The average Bonchev–Trinajstić information content (AvgIpc) is 2.72. The monoisotopic (exact) mass is 366 g/mol. The second-order valence-corrected chi connectivity index (χ2v) is 7.05. The molecule has 2 atom stereocenters. The van der Waals surface area contributed by atoms with Crippen LogP contribution in [-0.4, -0.2) is 25.8 Å². The van der Waals surface area contributed by atoms with Crippen molar-refractivity contribution in [2.75, 3.05) is 14.2 Å². The molecule has 27 heavy (non-hydrogen) atoms. The largest absolute Gasteiger partial charge is 0.497 e. The van der Waals surface area contributed by atoms with Crippen molar-refractivity contribution in [3.63, 3.8) is 0 Å². The van der Waals surface area contributed by atoms with E-state index in [9.17, 15) is 9.59 Å². The number of hydrogen-bond acceptors (Lipinski definition) is 4. The van der Waals surface area contributed by atoms with Gasteiger partial charge >= 0.3 is 0 Å². The predicted octanol–water partition coefficient (Wildman–Crippen LogP) is 4.82. The van der Waals surface area contributed by atoms with Gasteiger partial charge < -0.3 is 9.47 Å². The van der Waals surface area contributed by atoms with Crippen LogP contribution in [0.15, 0.2) is 48.5 Å². The molecule has 0 radical (unpaired) electrons. The molecule has 0 aliphatic heterocycles. The first-order valence-corrected chi connectivity index (χ1v) is 9.46. The van der Waals surface area contributed by atoms with Crippen LogP contribution in [0.2, 0.25) is 0 Å². The van der Waals surface area contributed by atoms with Crippen molar-refractivity contribution >= 4 is 11.6 Å². The molecule has 2 aromatic carbocycles. The second-order valence-electron chi connectivity index (χ2n) is 7.05. The minimum Gasteiger partial charge on any atom is -0.497 e. The number of Topliss-reactive ketones (excluding diaryl/α,β-unsaturated/α-hetero) is 2. The second kappa shape index (κ2) is 8.85. The summed E-state index contributed by atoms with van der Waals surface area (Å²) in [6.45, 7) is 0. The normalized spacial score (nSPS) is 18.0. The molecule has 142 valence electrons. The first-order chi connectivity index (χ1) is 13.1. The van der Waals surface area contributed by atoms with Crippen LogP contribution in [0.3, 0.4) is 0 Å². The Morgan fingerprint density at radius 1 is 0.963 bits per heavy atom. The summed E-state index contributed by atoms with van der Waals surface area (Å²) in [5.41, 5.74) is 1.68. The van der Waals surface area contributed by atoms with Crippen molar-refractivity contribution < 1.29 is 19.1 Å². The summed E-state index contributed by atoms with van der Waals surface area (Å²) in [5, 5.41) is 0. The van der Waals surface area contributed by atoms with Gasteiger partial charge in [-0.15, -0.1) is 0 Å². The van der Waals surface area contributed by atoms with Crippen LogP contribution in [0.4, 0.5) is 0 Å². The summed E-state index contributed by atoms with van der Waals surface area (Å²) < 4.78 is 10.4. The van der Waals surface area contributed by atoms with E-state index in [0.717, 1.165) is 36.3 Å². The Balaban J connectivity index is 1.85. The van der Waals surface area contributed by atoms with Crippen LogP contribution < -0.4 is 9.47 Å². The van der Waals surface area contributed by atoms with Gasteiger partial charge in [0.25, 0.3) is 0 Å². The lowest BCUT2D eigenvalue weighted by Crippen LogP contribution is -2.27. The summed E-state index contributed by atoms with van der Waals surface area (Å²) in [6.07, 6.45) is 3.80. The minimum absolute atomic E-state index is 0.0526. The quantitative estimate of drug-likeness (QED) is 0.659. The number of ketones is 2. The van der Waals surface area contributed by atoms with Gasteiger partial charge in [-0.3, -0.25) is 9.59 Å². The van der Waals surface area contributed by atoms with Crippen LogP contribution in [0, 0.1) is 5.92 Å². The van der Waals surface area contributed by atoms with E-state index in [1.54, 1.807) is 38.5 Å². The molecular weight excluding hydrogens is 340 g/mol. The Labute approximate surface area is 160 Å². The summed E-state index contributed by atoms with van der Waals surface area (Å²) in [7, 11) is 3.23. The molecule has 0 spiro atoms. The summed E-state index contributed by atoms with van der Waals surface area (Å²) >= 11 is 0. The van der Waals surface area contributed by atoms with E-state index in [2.05, 4.69) is 0 Å². The molecule has 2 unspecified atom stereocenters. The maximum Gasteiger partial charge on any atom is 0.163 e. The molecule has 1 fully saturated rings. The van der Waals surface area contributed by atoms with Crippen molar-refractivity contribution in [3.8, 4) is 11.5 Å². The molecule has 3 rings (SSSR count). The smallest absolute Gasteiger partial charge is 0.163 e. The van der Waals surface area contributed by atoms with Gasteiger partial charge in [-0.05, 0) is 54.8 Å². The van der Waals surface area contributed by atoms with E-state index < -0.39 is 0 Å². The third-order valence-electron chi connectivity index (χ3n) is 5.45. The Hall–Kier alpha value is -2.62. The summed E-state index contributed by atoms with van der Waals surface area (Å²) in [4.78, 5) is 25.5. The Morgan fingerprint density at radius 2 is 1.56 bits per heavy atom. The van der Waals surface area contributed by atoms with Gasteiger partial charge in [-0.25, -0.2) is 0 Å². The maximum atomic E-state index is 12.9. The minimum atomic E-state index is -0.0988. The topological polar surface area (TPSA) is 52.6 Å². The molecule has 4 heteroatoms. The molecule has 0 aromatic heterocycles. The van der Waals surface area contributed by atoms with Gasteiger partial charge in [-0.2, -0.15) is 0 Å². The molecule has 0 heterocycles. The number of methoxy groups -OCH3 is 2. The van der Waals surface area contributed by atoms with Crippen molar-refractivity contribution in [2.24, 2.45) is 5.92 Å². The molecule has 2 aromatic rings. The number of carbonyl (C=O) groups excluding carboxylic acids is 2. The number of ether oxygens (including phenoxy) is 2. The highest BCUT2D eigenvalue weighted by Gasteiger charge is 2.33. The standard InChI is InChI=1S/C23H26O4/c1-26-18-11-7-16(8-12-18)21(20-5-3-4-6-22(20)24)15-23(25)17-9-13-19(27-2)14-10-17/h7-14,20-21H,3-6,15H2,1-2H3. The molecule has 1 aliphatic rings. The fraction of sp³-hybridized carbons (Fsp3) is 0.391. The molecule has 0 N–H and O–H groups in total. The van der Waals surface area contributed by atoms with Crippen LogP contribution >= 0.6 is 0 Å². The lowest BCUT2D eigenvalue weighted by atomic mass is 9.73.